The van der Waals surface area contributed by atoms with Crippen molar-refractivity contribution >= 4 is 16.8 Å². The molecule has 0 aliphatic heterocycles. The summed E-state index contributed by atoms with van der Waals surface area (Å²) in [7, 11) is 0. The SMILES string of the molecule is O=C(Cl)c1ccccc1C(F)(F)C(F)(F)F. The summed E-state index contributed by atoms with van der Waals surface area (Å²) in [6, 6.07) is 3.44. The number of alkyl halides is 5. The first-order valence-corrected chi connectivity index (χ1v) is 4.29. The fourth-order valence-electron chi connectivity index (χ4n) is 1.08. The number of benzene rings is 1. The van der Waals surface area contributed by atoms with Crippen molar-refractivity contribution in [3.63, 3.8) is 0 Å². The molecule has 16 heavy (non-hydrogen) atoms. The second-order valence-corrected chi connectivity index (χ2v) is 3.23. The Morgan fingerprint density at radius 3 is 2.00 bits per heavy atom. The summed E-state index contributed by atoms with van der Waals surface area (Å²) in [5.41, 5.74) is -2.30. The first kappa shape index (κ1) is 12.9. The Balaban J connectivity index is 3.39. The van der Waals surface area contributed by atoms with E-state index in [4.69, 9.17) is 11.6 Å². The number of carbonyl (C=O) groups is 1. The lowest BCUT2D eigenvalue weighted by atomic mass is 10.0. The molecule has 0 unspecified atom stereocenters. The van der Waals surface area contributed by atoms with E-state index in [1.165, 1.54) is 0 Å². The highest BCUT2D eigenvalue weighted by Gasteiger charge is 2.59. The predicted molar refractivity (Wildman–Crippen MR) is 46.6 cm³/mol. The molecule has 0 heterocycles. The van der Waals surface area contributed by atoms with Crippen LogP contribution in [0.2, 0.25) is 0 Å². The highest BCUT2D eigenvalue weighted by molar-refractivity contribution is 6.67. The number of carbonyl (C=O) groups excluding carboxylic acids is 1. The van der Waals surface area contributed by atoms with Crippen molar-refractivity contribution in [1.29, 1.82) is 0 Å². The fourth-order valence-corrected chi connectivity index (χ4v) is 1.25. The minimum Gasteiger partial charge on any atom is -0.276 e. The van der Waals surface area contributed by atoms with Gasteiger partial charge in [0, 0.05) is 11.1 Å². The van der Waals surface area contributed by atoms with E-state index in [0.29, 0.717) is 6.07 Å². The van der Waals surface area contributed by atoms with Crippen LogP contribution in [0.4, 0.5) is 22.0 Å². The third kappa shape index (κ3) is 2.16. The van der Waals surface area contributed by atoms with Crippen LogP contribution in [0.1, 0.15) is 15.9 Å². The van der Waals surface area contributed by atoms with Crippen LogP contribution in [0.3, 0.4) is 0 Å². The van der Waals surface area contributed by atoms with Crippen molar-refractivity contribution in [1.82, 2.24) is 0 Å². The Kier molecular flexibility index (Phi) is 3.23. The molecule has 7 heteroatoms. The smallest absolute Gasteiger partial charge is 0.276 e. The molecule has 0 saturated heterocycles. The molecule has 88 valence electrons. The second-order valence-electron chi connectivity index (χ2n) is 2.89. The van der Waals surface area contributed by atoms with Crippen molar-refractivity contribution < 1.29 is 26.7 Å². The number of hydrogen-bond donors (Lipinski definition) is 0. The molecule has 0 atom stereocenters. The summed E-state index contributed by atoms with van der Waals surface area (Å²) >= 11 is 4.92. The molecule has 0 fully saturated rings. The maximum absolute atomic E-state index is 12.9. The molecule has 0 amide bonds. The predicted octanol–water partition coefficient (Wildman–Crippen LogP) is 3.72. The summed E-state index contributed by atoms with van der Waals surface area (Å²) in [4.78, 5) is 10.7. The Bertz CT molecular complexity index is 413. The summed E-state index contributed by atoms with van der Waals surface area (Å²) in [5.74, 6) is -5.10. The minimum absolute atomic E-state index is 0.517. The van der Waals surface area contributed by atoms with Gasteiger partial charge in [-0.1, -0.05) is 18.2 Å². The Morgan fingerprint density at radius 2 is 1.56 bits per heavy atom. The molecule has 0 N–H and O–H groups in total. The molecular weight excluding hydrogens is 255 g/mol. The van der Waals surface area contributed by atoms with Crippen LogP contribution >= 0.6 is 11.6 Å². The first-order valence-electron chi connectivity index (χ1n) is 3.92. The summed E-state index contributed by atoms with van der Waals surface area (Å²) in [6.07, 6.45) is -5.77. The standard InChI is InChI=1S/C9H4ClF5O/c10-7(16)5-3-1-2-4-6(5)8(11,12)9(13,14)15/h1-4H. The zero-order valence-corrected chi connectivity index (χ0v) is 8.24. The number of halogens is 6. The lowest BCUT2D eigenvalue weighted by molar-refractivity contribution is -0.289. The van der Waals surface area contributed by atoms with E-state index in [1.807, 2.05) is 0 Å². The summed E-state index contributed by atoms with van der Waals surface area (Å²) in [5, 5.41) is -1.36. The van der Waals surface area contributed by atoms with E-state index in [-0.39, 0.29) is 0 Å². The van der Waals surface area contributed by atoms with E-state index >= 15 is 0 Å². The van der Waals surface area contributed by atoms with Gasteiger partial charge in [-0.3, -0.25) is 4.79 Å². The van der Waals surface area contributed by atoms with Gasteiger partial charge in [-0.05, 0) is 17.7 Å². The van der Waals surface area contributed by atoms with Gasteiger partial charge in [0.25, 0.3) is 5.24 Å². The minimum atomic E-state index is -5.77. The monoisotopic (exact) mass is 258 g/mol. The van der Waals surface area contributed by atoms with Gasteiger partial charge in [0.05, 0.1) is 0 Å². The van der Waals surface area contributed by atoms with Crippen molar-refractivity contribution in [3.05, 3.63) is 35.4 Å². The van der Waals surface area contributed by atoms with Gasteiger partial charge in [0.2, 0.25) is 0 Å². The largest absolute Gasteiger partial charge is 0.458 e. The van der Waals surface area contributed by atoms with Crippen molar-refractivity contribution in [2.45, 2.75) is 12.1 Å². The van der Waals surface area contributed by atoms with Crippen molar-refractivity contribution in [2.75, 3.05) is 0 Å². The van der Waals surface area contributed by atoms with Gasteiger partial charge in [-0.2, -0.15) is 22.0 Å². The topological polar surface area (TPSA) is 17.1 Å². The lowest BCUT2D eigenvalue weighted by Crippen LogP contribution is -2.34. The van der Waals surface area contributed by atoms with Gasteiger partial charge < -0.3 is 0 Å². The normalized spacial score (nSPS) is 12.6. The highest BCUT2D eigenvalue weighted by atomic mass is 35.5. The van der Waals surface area contributed by atoms with Gasteiger partial charge in [0.1, 0.15) is 0 Å². The summed E-state index contributed by atoms with van der Waals surface area (Å²) in [6.45, 7) is 0. The van der Waals surface area contributed by atoms with Gasteiger partial charge in [-0.15, -0.1) is 0 Å². The quantitative estimate of drug-likeness (QED) is 0.584. The molecule has 0 radical (unpaired) electrons. The first-order chi connectivity index (χ1) is 7.18. The summed E-state index contributed by atoms with van der Waals surface area (Å²) < 4.78 is 62.1. The van der Waals surface area contributed by atoms with E-state index in [2.05, 4.69) is 0 Å². The van der Waals surface area contributed by atoms with Crippen LogP contribution in [0.15, 0.2) is 24.3 Å². The maximum atomic E-state index is 12.9. The van der Waals surface area contributed by atoms with Crippen LogP contribution in [-0.2, 0) is 5.92 Å². The molecule has 1 nitrogen and oxygen atoms in total. The van der Waals surface area contributed by atoms with Crippen LogP contribution < -0.4 is 0 Å². The Morgan fingerprint density at radius 1 is 1.06 bits per heavy atom. The molecule has 0 bridgehead atoms. The van der Waals surface area contributed by atoms with Gasteiger partial charge in [-0.25, -0.2) is 0 Å². The van der Waals surface area contributed by atoms with Gasteiger partial charge >= 0.3 is 12.1 Å². The van der Waals surface area contributed by atoms with Crippen LogP contribution in [-0.4, -0.2) is 11.4 Å². The third-order valence-electron chi connectivity index (χ3n) is 1.83. The maximum Gasteiger partial charge on any atom is 0.458 e. The van der Waals surface area contributed by atoms with E-state index < -0.39 is 28.5 Å². The lowest BCUT2D eigenvalue weighted by Gasteiger charge is -2.21. The molecular formula is C9H4ClF5O. The molecule has 1 rings (SSSR count). The number of hydrogen-bond acceptors (Lipinski definition) is 1. The fraction of sp³-hybridized carbons (Fsp3) is 0.222. The van der Waals surface area contributed by atoms with Crippen molar-refractivity contribution in [2.24, 2.45) is 0 Å². The molecule has 0 aliphatic rings. The zero-order chi connectivity index (χ0) is 12.6. The van der Waals surface area contributed by atoms with E-state index in [9.17, 15) is 26.7 Å². The second kappa shape index (κ2) is 4.01. The highest BCUT2D eigenvalue weighted by Crippen LogP contribution is 2.45. The molecule has 0 saturated carbocycles. The molecule has 0 spiro atoms. The van der Waals surface area contributed by atoms with E-state index in [0.717, 1.165) is 18.2 Å². The molecule has 1 aromatic carbocycles. The molecule has 0 aliphatic carbocycles. The van der Waals surface area contributed by atoms with E-state index in [1.54, 1.807) is 0 Å². The Hall–Kier alpha value is -1.17. The molecule has 1 aromatic rings. The average Bonchev–Trinajstić information content (AvgIpc) is 2.16. The molecule has 0 aromatic heterocycles. The van der Waals surface area contributed by atoms with Gasteiger partial charge in [0.15, 0.2) is 0 Å². The average molecular weight is 259 g/mol. The van der Waals surface area contributed by atoms with Crippen LogP contribution in [0.5, 0.6) is 0 Å². The Labute approximate surface area is 91.8 Å². The third-order valence-corrected chi connectivity index (χ3v) is 2.04. The van der Waals surface area contributed by atoms with Crippen LogP contribution in [0.25, 0.3) is 0 Å². The van der Waals surface area contributed by atoms with Crippen LogP contribution in [0, 0.1) is 0 Å². The van der Waals surface area contributed by atoms with Crippen molar-refractivity contribution in [3.8, 4) is 0 Å². The zero-order valence-electron chi connectivity index (χ0n) is 7.49. The number of rotatable bonds is 2.